The van der Waals surface area contributed by atoms with Crippen LogP contribution in [0.4, 0.5) is 22.0 Å². The number of halogens is 5. The van der Waals surface area contributed by atoms with Gasteiger partial charge in [-0.25, -0.2) is 27.3 Å². The highest BCUT2D eigenvalue weighted by Crippen LogP contribution is 2.24. The van der Waals surface area contributed by atoms with Crippen molar-refractivity contribution in [3.05, 3.63) is 34.6 Å². The van der Waals surface area contributed by atoms with Gasteiger partial charge in [0, 0.05) is 31.7 Å². The molecule has 0 bridgehead atoms. The van der Waals surface area contributed by atoms with E-state index in [-0.39, 0.29) is 6.54 Å². The first-order valence-electron chi connectivity index (χ1n) is 5.88. The number of hydrogen-bond acceptors (Lipinski definition) is 1. The van der Waals surface area contributed by atoms with Gasteiger partial charge >= 0.3 is 0 Å². The molecule has 1 fully saturated rings. The van der Waals surface area contributed by atoms with Crippen LogP contribution in [0.1, 0.15) is 12.0 Å². The maximum Gasteiger partial charge on any atom is 0.200 e. The van der Waals surface area contributed by atoms with Crippen molar-refractivity contribution in [1.82, 2.24) is 10.2 Å². The Bertz CT molecular complexity index is 441. The van der Waals surface area contributed by atoms with E-state index >= 15 is 0 Å². The predicted molar refractivity (Wildman–Crippen MR) is 58.0 cm³/mol. The summed E-state index contributed by atoms with van der Waals surface area (Å²) in [5, 5.41) is 4.12. The quantitative estimate of drug-likeness (QED) is 0.461. The first-order chi connectivity index (χ1) is 9.02. The zero-order chi connectivity index (χ0) is 14.0. The Morgan fingerprint density at radius 1 is 0.789 bits per heavy atom. The number of hydrogen-bond donors (Lipinski definition) is 0. The van der Waals surface area contributed by atoms with E-state index in [1.165, 1.54) is 0 Å². The lowest BCUT2D eigenvalue weighted by atomic mass is 10.1. The summed E-state index contributed by atoms with van der Waals surface area (Å²) in [7, 11) is 0. The van der Waals surface area contributed by atoms with E-state index in [1.54, 1.807) is 4.90 Å². The van der Waals surface area contributed by atoms with Gasteiger partial charge in [-0.1, -0.05) is 0 Å². The van der Waals surface area contributed by atoms with Crippen molar-refractivity contribution in [2.24, 2.45) is 0 Å². The molecule has 19 heavy (non-hydrogen) atoms. The van der Waals surface area contributed by atoms with E-state index in [4.69, 9.17) is 0 Å². The average Bonchev–Trinajstić information content (AvgIpc) is 2.68. The second-order valence-electron chi connectivity index (χ2n) is 4.35. The van der Waals surface area contributed by atoms with Gasteiger partial charge in [-0.15, -0.1) is 0 Å². The van der Waals surface area contributed by atoms with Crippen molar-refractivity contribution < 1.29 is 22.0 Å². The van der Waals surface area contributed by atoms with Crippen LogP contribution in [0.3, 0.4) is 0 Å². The third kappa shape index (κ3) is 2.87. The molecule has 1 aliphatic heterocycles. The molecular formula is C12H12F5N2. The van der Waals surface area contributed by atoms with Gasteiger partial charge in [-0.05, 0) is 13.0 Å². The summed E-state index contributed by atoms with van der Waals surface area (Å²) in [6, 6.07) is 0. The number of benzene rings is 1. The standard InChI is InChI=1S/C12H12F5N2/c13-8-7(6-19-4-1-2-18-3-5-19)9(14)11(16)12(17)10(8)15/h1-6H2. The zero-order valence-corrected chi connectivity index (χ0v) is 10.0. The molecule has 1 heterocycles. The molecule has 1 aromatic rings. The van der Waals surface area contributed by atoms with Crippen molar-refractivity contribution in [3.63, 3.8) is 0 Å². The normalized spacial score (nSPS) is 17.5. The van der Waals surface area contributed by atoms with Crippen LogP contribution in [0.25, 0.3) is 0 Å². The molecule has 0 saturated carbocycles. The minimum atomic E-state index is -2.12. The fourth-order valence-corrected chi connectivity index (χ4v) is 2.01. The summed E-state index contributed by atoms with van der Waals surface area (Å²) in [6.45, 7) is 1.80. The first kappa shape index (κ1) is 14.2. The summed E-state index contributed by atoms with van der Waals surface area (Å²) < 4.78 is 65.9. The van der Waals surface area contributed by atoms with Crippen LogP contribution >= 0.6 is 0 Å². The molecule has 1 aliphatic rings. The molecular weight excluding hydrogens is 267 g/mol. The molecule has 0 aliphatic carbocycles. The fraction of sp³-hybridized carbons (Fsp3) is 0.500. The van der Waals surface area contributed by atoms with Crippen LogP contribution < -0.4 is 5.32 Å². The summed E-state index contributed by atoms with van der Waals surface area (Å²) >= 11 is 0. The van der Waals surface area contributed by atoms with Gasteiger partial charge in [0.1, 0.15) is 0 Å². The maximum absolute atomic E-state index is 13.5. The summed E-state index contributed by atoms with van der Waals surface area (Å²) in [4.78, 5) is 1.63. The molecule has 0 aromatic heterocycles. The number of rotatable bonds is 2. The highest BCUT2D eigenvalue weighted by atomic mass is 19.2. The van der Waals surface area contributed by atoms with Crippen molar-refractivity contribution in [1.29, 1.82) is 0 Å². The Balaban J connectivity index is 2.29. The van der Waals surface area contributed by atoms with Crippen molar-refractivity contribution in [3.8, 4) is 0 Å². The summed E-state index contributed by atoms with van der Waals surface area (Å²) in [5.74, 6) is -9.42. The zero-order valence-electron chi connectivity index (χ0n) is 10.0. The topological polar surface area (TPSA) is 17.3 Å². The number of nitrogens with zero attached hydrogens (tertiary/aromatic N) is 2. The minimum absolute atomic E-state index is 0.304. The maximum atomic E-state index is 13.5. The molecule has 0 amide bonds. The van der Waals surface area contributed by atoms with E-state index in [9.17, 15) is 22.0 Å². The molecule has 1 saturated heterocycles. The van der Waals surface area contributed by atoms with Crippen LogP contribution in [0.15, 0.2) is 0 Å². The van der Waals surface area contributed by atoms with Gasteiger partial charge in [0.2, 0.25) is 5.82 Å². The lowest BCUT2D eigenvalue weighted by Crippen LogP contribution is -2.28. The Hall–Kier alpha value is -1.21. The SMILES string of the molecule is Fc1c(F)c(F)c(CN2CCC[N]CC2)c(F)c1F. The molecule has 0 unspecified atom stereocenters. The van der Waals surface area contributed by atoms with Crippen LogP contribution in [0.5, 0.6) is 0 Å². The molecule has 2 rings (SSSR count). The fourth-order valence-electron chi connectivity index (χ4n) is 2.01. The van der Waals surface area contributed by atoms with Crippen LogP contribution in [-0.4, -0.2) is 31.1 Å². The van der Waals surface area contributed by atoms with Gasteiger partial charge in [0.15, 0.2) is 23.3 Å². The molecule has 2 nitrogen and oxygen atoms in total. The van der Waals surface area contributed by atoms with Gasteiger partial charge in [0.05, 0.1) is 0 Å². The van der Waals surface area contributed by atoms with Gasteiger partial charge < -0.3 is 0 Å². The molecule has 105 valence electrons. The molecule has 0 N–H and O–H groups in total. The highest BCUT2D eigenvalue weighted by Gasteiger charge is 2.26. The Morgan fingerprint density at radius 2 is 1.37 bits per heavy atom. The first-order valence-corrected chi connectivity index (χ1v) is 5.88. The summed E-state index contributed by atoms with van der Waals surface area (Å²) in [5.41, 5.74) is -0.779. The van der Waals surface area contributed by atoms with Gasteiger partial charge in [-0.3, -0.25) is 4.90 Å². The Morgan fingerprint density at radius 3 is 2.00 bits per heavy atom. The third-order valence-electron chi connectivity index (χ3n) is 3.05. The lowest BCUT2D eigenvalue weighted by molar-refractivity contribution is 0.267. The molecule has 1 aromatic carbocycles. The van der Waals surface area contributed by atoms with Crippen molar-refractivity contribution in [2.45, 2.75) is 13.0 Å². The third-order valence-corrected chi connectivity index (χ3v) is 3.05. The van der Waals surface area contributed by atoms with Crippen LogP contribution in [0.2, 0.25) is 0 Å². The van der Waals surface area contributed by atoms with Crippen LogP contribution in [-0.2, 0) is 6.54 Å². The second-order valence-corrected chi connectivity index (χ2v) is 4.35. The predicted octanol–water partition coefficient (Wildman–Crippen LogP) is 2.19. The largest absolute Gasteiger partial charge is 0.297 e. The minimum Gasteiger partial charge on any atom is -0.297 e. The molecule has 0 atom stereocenters. The molecule has 1 radical (unpaired) electrons. The molecule has 7 heteroatoms. The van der Waals surface area contributed by atoms with E-state index < -0.39 is 34.6 Å². The Kier molecular flexibility index (Phi) is 4.36. The van der Waals surface area contributed by atoms with Crippen molar-refractivity contribution >= 4 is 0 Å². The van der Waals surface area contributed by atoms with Crippen LogP contribution in [0, 0.1) is 29.1 Å². The highest BCUT2D eigenvalue weighted by molar-refractivity contribution is 5.24. The van der Waals surface area contributed by atoms with Crippen molar-refractivity contribution in [2.75, 3.05) is 26.2 Å². The molecule has 0 spiro atoms. The van der Waals surface area contributed by atoms with E-state index in [2.05, 4.69) is 5.32 Å². The van der Waals surface area contributed by atoms with E-state index in [1.807, 2.05) is 0 Å². The lowest BCUT2D eigenvalue weighted by Gasteiger charge is -2.20. The Labute approximate surface area is 107 Å². The summed E-state index contributed by atoms with van der Waals surface area (Å²) in [6.07, 6.45) is 0.704. The smallest absolute Gasteiger partial charge is 0.200 e. The average molecular weight is 279 g/mol. The second kappa shape index (κ2) is 5.83. The van der Waals surface area contributed by atoms with Gasteiger partial charge in [-0.2, -0.15) is 0 Å². The van der Waals surface area contributed by atoms with E-state index in [0.29, 0.717) is 32.6 Å². The van der Waals surface area contributed by atoms with E-state index in [0.717, 1.165) is 0 Å². The van der Waals surface area contributed by atoms with Gasteiger partial charge in [0.25, 0.3) is 0 Å². The monoisotopic (exact) mass is 279 g/mol.